The summed E-state index contributed by atoms with van der Waals surface area (Å²) >= 11 is 0. The first kappa shape index (κ1) is 21.8. The van der Waals surface area contributed by atoms with E-state index in [0.717, 1.165) is 56.0 Å². The number of aromatic carboxylic acids is 1. The number of hydrogen-bond acceptors (Lipinski definition) is 5. The highest BCUT2D eigenvalue weighted by atomic mass is 16.5. The minimum absolute atomic E-state index is 0.164. The number of benzene rings is 2. The molecular formula is C26H31N3O4. The number of hydrogen-bond donors (Lipinski definition) is 3. The first-order chi connectivity index (χ1) is 15.9. The Bertz CT molecular complexity index is 1200. The van der Waals surface area contributed by atoms with Crippen LogP contribution in [0.1, 0.15) is 45.9 Å². The number of aryl methyl sites for hydroxylation is 1. The van der Waals surface area contributed by atoms with Gasteiger partial charge in [0.2, 0.25) is 0 Å². The average Bonchev–Trinajstić information content (AvgIpc) is 3.30. The van der Waals surface area contributed by atoms with E-state index in [1.54, 1.807) is 20.2 Å². The summed E-state index contributed by atoms with van der Waals surface area (Å²) < 4.78 is 11.4. The van der Waals surface area contributed by atoms with Crippen molar-refractivity contribution in [3.63, 3.8) is 0 Å². The van der Waals surface area contributed by atoms with Crippen molar-refractivity contribution in [2.45, 2.75) is 32.4 Å². The lowest BCUT2D eigenvalue weighted by molar-refractivity contribution is -0.153. The van der Waals surface area contributed by atoms with Crippen LogP contribution in [0.25, 0.3) is 10.9 Å². The first-order valence-electron chi connectivity index (χ1n) is 11.4. The van der Waals surface area contributed by atoms with Crippen molar-refractivity contribution in [3.8, 4) is 5.75 Å². The van der Waals surface area contributed by atoms with Gasteiger partial charge in [0.25, 0.3) is 0 Å². The van der Waals surface area contributed by atoms with E-state index in [1.165, 1.54) is 16.5 Å². The summed E-state index contributed by atoms with van der Waals surface area (Å²) in [5, 5.41) is 13.8. The Morgan fingerprint density at radius 2 is 2.15 bits per heavy atom. The summed E-state index contributed by atoms with van der Waals surface area (Å²) in [7, 11) is 3.50. The van der Waals surface area contributed by atoms with Gasteiger partial charge in [-0.1, -0.05) is 6.07 Å². The van der Waals surface area contributed by atoms with Gasteiger partial charge in [0.15, 0.2) is 0 Å². The number of carbonyl (C=O) groups is 1. The molecule has 0 amide bonds. The molecule has 3 N–H and O–H groups in total. The van der Waals surface area contributed by atoms with E-state index < -0.39 is 5.97 Å². The summed E-state index contributed by atoms with van der Waals surface area (Å²) in [6.45, 7) is 5.42. The van der Waals surface area contributed by atoms with E-state index in [1.807, 2.05) is 18.3 Å². The highest BCUT2D eigenvalue weighted by Crippen LogP contribution is 2.48. The number of carboxylic acids is 1. The number of piperidine rings is 1. The number of nitrogens with one attached hydrogen (secondary N) is 2. The Kier molecular flexibility index (Phi) is 5.54. The van der Waals surface area contributed by atoms with Gasteiger partial charge in [-0.2, -0.15) is 0 Å². The zero-order valence-electron chi connectivity index (χ0n) is 19.4. The van der Waals surface area contributed by atoms with Gasteiger partial charge >= 0.3 is 5.97 Å². The Labute approximate surface area is 193 Å². The fraction of sp³-hybridized carbons (Fsp3) is 0.423. The van der Waals surface area contributed by atoms with E-state index in [0.29, 0.717) is 11.3 Å². The van der Waals surface area contributed by atoms with Gasteiger partial charge in [-0.15, -0.1) is 0 Å². The van der Waals surface area contributed by atoms with Crippen molar-refractivity contribution in [3.05, 3.63) is 58.8 Å². The smallest absolute Gasteiger partial charge is 0.337 e. The zero-order chi connectivity index (χ0) is 23.2. The summed E-state index contributed by atoms with van der Waals surface area (Å²) in [5.74, 6) is -0.0164. The Hall–Kier alpha value is -3.03. The van der Waals surface area contributed by atoms with Gasteiger partial charge in [-0.25, -0.2) is 4.79 Å². The maximum Gasteiger partial charge on any atom is 0.337 e. The molecule has 1 atom stereocenters. The van der Waals surface area contributed by atoms with Crippen LogP contribution in [0.2, 0.25) is 0 Å². The maximum atomic E-state index is 11.6. The van der Waals surface area contributed by atoms with Crippen LogP contribution < -0.4 is 10.1 Å². The molecule has 33 heavy (non-hydrogen) atoms. The van der Waals surface area contributed by atoms with Gasteiger partial charge in [0.1, 0.15) is 5.75 Å². The predicted octanol–water partition coefficient (Wildman–Crippen LogP) is 4.58. The van der Waals surface area contributed by atoms with Crippen LogP contribution in [0.15, 0.2) is 36.5 Å². The molecule has 2 aliphatic rings. The third kappa shape index (κ3) is 3.75. The third-order valence-corrected chi connectivity index (χ3v) is 7.43. The quantitative estimate of drug-likeness (QED) is 0.511. The zero-order valence-corrected chi connectivity index (χ0v) is 19.4. The van der Waals surface area contributed by atoms with Crippen LogP contribution >= 0.6 is 0 Å². The number of aromatic nitrogens is 1. The van der Waals surface area contributed by atoms with Crippen molar-refractivity contribution in [2.24, 2.45) is 5.41 Å². The van der Waals surface area contributed by atoms with E-state index in [-0.39, 0.29) is 11.5 Å². The van der Waals surface area contributed by atoms with Crippen molar-refractivity contribution in [1.29, 1.82) is 0 Å². The molecule has 1 spiro atoms. The SMILES string of the molecule is CNc1cc([C@@H]2CC3(CCN2Cc2c(OC)cc(C)c4[nH]ccc24)COC3)ccc1C(=O)O. The van der Waals surface area contributed by atoms with Crippen molar-refractivity contribution in [1.82, 2.24) is 9.88 Å². The minimum Gasteiger partial charge on any atom is -0.496 e. The van der Waals surface area contributed by atoms with Crippen LogP contribution in [-0.4, -0.2) is 54.9 Å². The second-order valence-electron chi connectivity index (χ2n) is 9.43. The van der Waals surface area contributed by atoms with E-state index in [9.17, 15) is 9.90 Å². The van der Waals surface area contributed by atoms with Gasteiger partial charge in [-0.3, -0.25) is 4.90 Å². The topological polar surface area (TPSA) is 86.8 Å². The molecule has 3 heterocycles. The van der Waals surface area contributed by atoms with Gasteiger partial charge in [-0.05, 0) is 61.7 Å². The molecule has 2 aliphatic heterocycles. The highest BCUT2D eigenvalue weighted by Gasteiger charge is 2.45. The molecule has 7 heteroatoms. The number of likely N-dealkylation sites (tertiary alicyclic amines) is 1. The number of fused-ring (bicyclic) bond motifs is 1. The summed E-state index contributed by atoms with van der Waals surface area (Å²) in [5.41, 5.74) is 5.77. The van der Waals surface area contributed by atoms with Crippen LogP contribution in [0.5, 0.6) is 5.75 Å². The Balaban J connectivity index is 1.54. The van der Waals surface area contributed by atoms with Crippen molar-refractivity contribution < 1.29 is 19.4 Å². The van der Waals surface area contributed by atoms with Crippen LogP contribution in [0.3, 0.4) is 0 Å². The number of anilines is 1. The molecule has 2 fully saturated rings. The molecule has 0 unspecified atom stereocenters. The lowest BCUT2D eigenvalue weighted by atomic mass is 9.72. The standard InChI is InChI=1S/C26H31N3O4/c1-16-10-23(32-3)20(18-6-8-28-24(16)18)13-29-9-7-26(14-33-15-26)12-22(29)17-4-5-19(25(30)31)21(11-17)27-2/h4-6,8,10-11,22,27-28H,7,9,12-15H2,1-3H3,(H,30,31)/t22-/m0/s1. The predicted molar refractivity (Wildman–Crippen MR) is 128 cm³/mol. The molecule has 5 rings (SSSR count). The number of methoxy groups -OCH3 is 1. The second-order valence-corrected chi connectivity index (χ2v) is 9.43. The lowest BCUT2D eigenvalue weighted by Gasteiger charge is -2.51. The molecule has 0 saturated carbocycles. The van der Waals surface area contributed by atoms with Crippen molar-refractivity contribution >= 4 is 22.6 Å². The molecule has 2 saturated heterocycles. The van der Waals surface area contributed by atoms with E-state index >= 15 is 0 Å². The fourth-order valence-corrected chi connectivity index (χ4v) is 5.50. The third-order valence-electron chi connectivity index (χ3n) is 7.43. The van der Waals surface area contributed by atoms with Gasteiger partial charge < -0.3 is 24.9 Å². The summed E-state index contributed by atoms with van der Waals surface area (Å²) in [6, 6.07) is 10.1. The minimum atomic E-state index is -0.922. The van der Waals surface area contributed by atoms with Crippen LogP contribution in [0.4, 0.5) is 5.69 Å². The summed E-state index contributed by atoms with van der Waals surface area (Å²) in [6.07, 6.45) is 4.08. The van der Waals surface area contributed by atoms with Crippen LogP contribution in [-0.2, 0) is 11.3 Å². The number of ether oxygens (including phenoxy) is 2. The number of carboxylic acid groups (broad SMARTS) is 1. The van der Waals surface area contributed by atoms with Gasteiger partial charge in [0, 0.05) is 53.4 Å². The molecule has 0 bridgehead atoms. The first-order valence-corrected chi connectivity index (χ1v) is 11.4. The monoisotopic (exact) mass is 449 g/mol. The lowest BCUT2D eigenvalue weighted by Crippen LogP contribution is -2.51. The molecule has 0 radical (unpaired) electrons. The largest absolute Gasteiger partial charge is 0.496 e. The normalized spacial score (nSPS) is 20.0. The molecule has 1 aromatic heterocycles. The highest BCUT2D eigenvalue weighted by molar-refractivity contribution is 5.94. The van der Waals surface area contributed by atoms with Crippen LogP contribution in [0, 0.1) is 12.3 Å². The Morgan fingerprint density at radius 1 is 1.33 bits per heavy atom. The second kappa shape index (κ2) is 8.39. The number of aromatic amines is 1. The van der Waals surface area contributed by atoms with E-state index in [4.69, 9.17) is 9.47 Å². The molecule has 3 aromatic rings. The van der Waals surface area contributed by atoms with Gasteiger partial charge in [0.05, 0.1) is 25.9 Å². The van der Waals surface area contributed by atoms with Crippen molar-refractivity contribution in [2.75, 3.05) is 39.2 Å². The number of rotatable bonds is 6. The molecule has 7 nitrogen and oxygen atoms in total. The Morgan fingerprint density at radius 3 is 2.82 bits per heavy atom. The number of H-pyrrole nitrogens is 1. The molecule has 0 aliphatic carbocycles. The fourth-order valence-electron chi connectivity index (χ4n) is 5.50. The molecule has 2 aromatic carbocycles. The number of nitrogens with zero attached hydrogens (tertiary/aromatic N) is 1. The molecule has 174 valence electrons. The molecular weight excluding hydrogens is 418 g/mol. The summed E-state index contributed by atoms with van der Waals surface area (Å²) in [4.78, 5) is 17.5. The average molecular weight is 450 g/mol. The maximum absolute atomic E-state index is 11.6. The van der Waals surface area contributed by atoms with E-state index in [2.05, 4.69) is 34.3 Å².